The Kier molecular flexibility index (Phi) is 4.19. The molecule has 0 fully saturated rings. The molecule has 0 aliphatic heterocycles. The van der Waals surface area contributed by atoms with E-state index in [0.717, 1.165) is 5.56 Å². The molecule has 0 amide bonds. The molecule has 0 atom stereocenters. The summed E-state index contributed by atoms with van der Waals surface area (Å²) in [5.41, 5.74) is 2.10. The standard InChI is InChI=1S/C13H10Cl3NO2/c1-6-4-7(2-3-10(18)19)17-13-9(15)5-8(14)12(16)11(6)13/h4-5H,2-3H2,1H3,(H,18,19). The lowest BCUT2D eigenvalue weighted by Gasteiger charge is -2.10. The summed E-state index contributed by atoms with van der Waals surface area (Å²) in [5.74, 6) is -0.861. The van der Waals surface area contributed by atoms with Crippen molar-refractivity contribution in [1.82, 2.24) is 4.98 Å². The summed E-state index contributed by atoms with van der Waals surface area (Å²) in [7, 11) is 0. The first-order chi connectivity index (χ1) is 8.90. The Bertz CT molecular complexity index is 671. The monoisotopic (exact) mass is 317 g/mol. The number of carbonyl (C=O) groups is 1. The zero-order valence-corrected chi connectivity index (χ0v) is 12.3. The van der Waals surface area contributed by atoms with Crippen molar-refractivity contribution in [2.45, 2.75) is 19.8 Å². The van der Waals surface area contributed by atoms with Crippen LogP contribution in [-0.4, -0.2) is 16.1 Å². The van der Waals surface area contributed by atoms with Crippen molar-refractivity contribution in [3.8, 4) is 0 Å². The van der Waals surface area contributed by atoms with Crippen molar-refractivity contribution in [2.24, 2.45) is 0 Å². The Labute approximate surface area is 125 Å². The Morgan fingerprint density at radius 3 is 2.58 bits per heavy atom. The summed E-state index contributed by atoms with van der Waals surface area (Å²) in [6, 6.07) is 3.35. The van der Waals surface area contributed by atoms with E-state index in [1.807, 2.05) is 13.0 Å². The number of aliphatic carboxylic acids is 1. The molecular weight excluding hydrogens is 309 g/mol. The number of carboxylic acids is 1. The van der Waals surface area contributed by atoms with Crippen LogP contribution < -0.4 is 0 Å². The van der Waals surface area contributed by atoms with Gasteiger partial charge in [-0.1, -0.05) is 34.8 Å². The number of halogens is 3. The van der Waals surface area contributed by atoms with Crippen molar-refractivity contribution < 1.29 is 9.90 Å². The maximum atomic E-state index is 10.6. The van der Waals surface area contributed by atoms with Crippen molar-refractivity contribution in [2.75, 3.05) is 0 Å². The van der Waals surface area contributed by atoms with E-state index < -0.39 is 5.97 Å². The summed E-state index contributed by atoms with van der Waals surface area (Å²) >= 11 is 18.3. The van der Waals surface area contributed by atoms with Crippen LogP contribution in [0, 0.1) is 6.92 Å². The van der Waals surface area contributed by atoms with Gasteiger partial charge in [0.25, 0.3) is 0 Å². The second-order valence-electron chi connectivity index (χ2n) is 4.20. The van der Waals surface area contributed by atoms with E-state index in [1.165, 1.54) is 0 Å². The average molecular weight is 319 g/mol. The van der Waals surface area contributed by atoms with Crippen LogP contribution in [0.4, 0.5) is 0 Å². The Morgan fingerprint density at radius 2 is 1.95 bits per heavy atom. The van der Waals surface area contributed by atoms with E-state index in [0.29, 0.717) is 38.1 Å². The van der Waals surface area contributed by atoms with Crippen molar-refractivity contribution in [3.05, 3.63) is 38.5 Å². The van der Waals surface area contributed by atoms with E-state index in [4.69, 9.17) is 39.9 Å². The first-order valence-electron chi connectivity index (χ1n) is 5.55. The normalized spacial score (nSPS) is 10.9. The van der Waals surface area contributed by atoms with Crippen LogP contribution in [-0.2, 0) is 11.2 Å². The number of rotatable bonds is 3. The summed E-state index contributed by atoms with van der Waals surface area (Å²) in [6.45, 7) is 1.87. The fourth-order valence-corrected chi connectivity index (χ4v) is 2.71. The smallest absolute Gasteiger partial charge is 0.303 e. The summed E-state index contributed by atoms with van der Waals surface area (Å²) in [4.78, 5) is 15.0. The van der Waals surface area contributed by atoms with E-state index in [1.54, 1.807) is 6.07 Å². The molecule has 0 aliphatic carbocycles. The molecule has 3 nitrogen and oxygen atoms in total. The molecule has 1 N–H and O–H groups in total. The van der Waals surface area contributed by atoms with Gasteiger partial charge in [-0.3, -0.25) is 9.78 Å². The van der Waals surface area contributed by atoms with Crippen LogP contribution in [0.2, 0.25) is 15.1 Å². The highest BCUT2D eigenvalue weighted by molar-refractivity contribution is 6.47. The van der Waals surface area contributed by atoms with Gasteiger partial charge in [-0.2, -0.15) is 0 Å². The van der Waals surface area contributed by atoms with Crippen LogP contribution in [0.3, 0.4) is 0 Å². The van der Waals surface area contributed by atoms with Gasteiger partial charge in [0, 0.05) is 17.5 Å². The van der Waals surface area contributed by atoms with Gasteiger partial charge in [0.05, 0.1) is 27.0 Å². The van der Waals surface area contributed by atoms with Gasteiger partial charge < -0.3 is 5.11 Å². The molecular formula is C13H10Cl3NO2. The van der Waals surface area contributed by atoms with Gasteiger partial charge in [0.2, 0.25) is 0 Å². The van der Waals surface area contributed by atoms with Gasteiger partial charge in [-0.25, -0.2) is 0 Å². The summed E-state index contributed by atoms with van der Waals surface area (Å²) in [5, 5.41) is 10.6. The van der Waals surface area contributed by atoms with Crippen LogP contribution in [0.25, 0.3) is 10.9 Å². The molecule has 0 saturated heterocycles. The maximum Gasteiger partial charge on any atom is 0.303 e. The molecule has 1 heterocycles. The van der Waals surface area contributed by atoms with E-state index >= 15 is 0 Å². The summed E-state index contributed by atoms with van der Waals surface area (Å²) in [6.07, 6.45) is 0.375. The number of pyridine rings is 1. The molecule has 0 saturated carbocycles. The number of aryl methyl sites for hydroxylation is 2. The molecule has 6 heteroatoms. The third kappa shape index (κ3) is 2.94. The molecule has 0 aliphatic rings. The molecule has 0 bridgehead atoms. The lowest BCUT2D eigenvalue weighted by Crippen LogP contribution is -2.00. The number of hydrogen-bond acceptors (Lipinski definition) is 2. The highest BCUT2D eigenvalue weighted by atomic mass is 35.5. The van der Waals surface area contributed by atoms with E-state index in [-0.39, 0.29) is 6.42 Å². The van der Waals surface area contributed by atoms with Crippen LogP contribution in [0.5, 0.6) is 0 Å². The number of nitrogens with zero attached hydrogens (tertiary/aromatic N) is 1. The van der Waals surface area contributed by atoms with E-state index in [9.17, 15) is 4.79 Å². The Hall–Kier alpha value is -1.03. The average Bonchev–Trinajstić information content (AvgIpc) is 2.33. The van der Waals surface area contributed by atoms with Gasteiger partial charge in [0.1, 0.15) is 0 Å². The fraction of sp³-hybridized carbons (Fsp3) is 0.231. The topological polar surface area (TPSA) is 50.2 Å². The van der Waals surface area contributed by atoms with Crippen LogP contribution in [0.15, 0.2) is 12.1 Å². The minimum absolute atomic E-state index is 0.0247. The third-order valence-electron chi connectivity index (χ3n) is 2.77. The molecule has 2 rings (SSSR count). The number of carboxylic acid groups (broad SMARTS) is 1. The Balaban J connectivity index is 2.60. The largest absolute Gasteiger partial charge is 0.481 e. The predicted molar refractivity (Wildman–Crippen MR) is 77.5 cm³/mol. The second-order valence-corrected chi connectivity index (χ2v) is 5.39. The number of hydrogen-bond donors (Lipinski definition) is 1. The molecule has 0 unspecified atom stereocenters. The SMILES string of the molecule is Cc1cc(CCC(=O)O)nc2c(Cl)cc(Cl)c(Cl)c12. The first kappa shape index (κ1) is 14.4. The van der Waals surface area contributed by atoms with Gasteiger partial charge in [-0.05, 0) is 24.6 Å². The first-order valence-corrected chi connectivity index (χ1v) is 6.69. The van der Waals surface area contributed by atoms with Crippen molar-refractivity contribution in [3.63, 3.8) is 0 Å². The van der Waals surface area contributed by atoms with Gasteiger partial charge >= 0.3 is 5.97 Å². The number of fused-ring (bicyclic) bond motifs is 1. The Morgan fingerprint density at radius 1 is 1.26 bits per heavy atom. The lowest BCUT2D eigenvalue weighted by molar-refractivity contribution is -0.136. The molecule has 19 heavy (non-hydrogen) atoms. The minimum Gasteiger partial charge on any atom is -0.481 e. The molecule has 0 radical (unpaired) electrons. The number of benzene rings is 1. The lowest BCUT2D eigenvalue weighted by atomic mass is 10.1. The molecule has 100 valence electrons. The zero-order chi connectivity index (χ0) is 14.2. The zero-order valence-electron chi connectivity index (χ0n) is 10.0. The van der Waals surface area contributed by atoms with Crippen LogP contribution in [0.1, 0.15) is 17.7 Å². The third-order valence-corrected chi connectivity index (χ3v) is 3.85. The highest BCUT2D eigenvalue weighted by Crippen LogP contribution is 2.37. The predicted octanol–water partition coefficient (Wildman–Crippen LogP) is 4.52. The second kappa shape index (κ2) is 5.53. The minimum atomic E-state index is -0.861. The molecule has 1 aromatic heterocycles. The molecule has 0 spiro atoms. The van der Waals surface area contributed by atoms with E-state index in [2.05, 4.69) is 4.98 Å². The van der Waals surface area contributed by atoms with Gasteiger partial charge in [-0.15, -0.1) is 0 Å². The fourth-order valence-electron chi connectivity index (χ4n) is 1.92. The van der Waals surface area contributed by atoms with Crippen molar-refractivity contribution >= 4 is 51.7 Å². The molecule has 1 aromatic carbocycles. The van der Waals surface area contributed by atoms with Gasteiger partial charge in [0.15, 0.2) is 0 Å². The maximum absolute atomic E-state index is 10.6. The summed E-state index contributed by atoms with van der Waals surface area (Å²) < 4.78 is 0. The molecule has 2 aromatic rings. The number of aromatic nitrogens is 1. The van der Waals surface area contributed by atoms with Crippen molar-refractivity contribution in [1.29, 1.82) is 0 Å². The highest BCUT2D eigenvalue weighted by Gasteiger charge is 2.13. The van der Waals surface area contributed by atoms with Crippen LogP contribution >= 0.6 is 34.8 Å². The quantitative estimate of drug-likeness (QED) is 0.846.